The summed E-state index contributed by atoms with van der Waals surface area (Å²) < 4.78 is 0. The predicted octanol–water partition coefficient (Wildman–Crippen LogP) is 1.06. The van der Waals surface area contributed by atoms with Crippen molar-refractivity contribution in [1.29, 1.82) is 5.26 Å². The summed E-state index contributed by atoms with van der Waals surface area (Å²) in [5, 5.41) is 19.9. The zero-order valence-electron chi connectivity index (χ0n) is 8.21. The van der Waals surface area contributed by atoms with Gasteiger partial charge < -0.3 is 10.0 Å². The number of carboxylic acids is 1. The van der Waals surface area contributed by atoms with Crippen LogP contribution in [0.4, 0.5) is 5.00 Å². The van der Waals surface area contributed by atoms with Crippen LogP contribution in [0.1, 0.15) is 12.0 Å². The maximum absolute atomic E-state index is 11.6. The first-order valence-corrected chi connectivity index (χ1v) is 5.52. The number of anilines is 1. The summed E-state index contributed by atoms with van der Waals surface area (Å²) in [6.45, 7) is 0.156. The number of hydrogen-bond acceptors (Lipinski definition) is 4. The second-order valence-electron chi connectivity index (χ2n) is 3.49. The van der Waals surface area contributed by atoms with Crippen LogP contribution in [0.2, 0.25) is 0 Å². The van der Waals surface area contributed by atoms with Crippen LogP contribution in [0.5, 0.6) is 0 Å². The molecule has 1 aliphatic heterocycles. The molecule has 0 spiro atoms. The average molecular weight is 236 g/mol. The molecule has 1 amide bonds. The second kappa shape index (κ2) is 3.94. The van der Waals surface area contributed by atoms with Crippen molar-refractivity contribution >= 4 is 28.2 Å². The van der Waals surface area contributed by atoms with Crippen molar-refractivity contribution in [2.24, 2.45) is 5.92 Å². The Balaban J connectivity index is 2.27. The number of thiophene rings is 1. The normalized spacial score (nSPS) is 19.8. The van der Waals surface area contributed by atoms with Gasteiger partial charge in [-0.15, -0.1) is 11.3 Å². The molecule has 1 unspecified atom stereocenters. The molecule has 82 valence electrons. The molecule has 0 radical (unpaired) electrons. The Morgan fingerprint density at radius 2 is 2.44 bits per heavy atom. The van der Waals surface area contributed by atoms with Crippen molar-refractivity contribution in [2.45, 2.75) is 6.42 Å². The van der Waals surface area contributed by atoms with E-state index in [0.29, 0.717) is 10.6 Å². The van der Waals surface area contributed by atoms with E-state index in [-0.39, 0.29) is 18.9 Å². The Morgan fingerprint density at radius 1 is 1.69 bits per heavy atom. The van der Waals surface area contributed by atoms with E-state index >= 15 is 0 Å². The molecule has 2 rings (SSSR count). The van der Waals surface area contributed by atoms with E-state index in [9.17, 15) is 9.59 Å². The molecule has 6 heteroatoms. The molecule has 1 aromatic rings. The van der Waals surface area contributed by atoms with Gasteiger partial charge in [0.1, 0.15) is 11.1 Å². The van der Waals surface area contributed by atoms with Gasteiger partial charge in [-0.2, -0.15) is 5.26 Å². The number of hydrogen-bond donors (Lipinski definition) is 1. The molecule has 1 atom stereocenters. The number of nitriles is 1. The van der Waals surface area contributed by atoms with Gasteiger partial charge in [0.25, 0.3) is 0 Å². The van der Waals surface area contributed by atoms with Crippen LogP contribution in [-0.4, -0.2) is 23.5 Å². The van der Waals surface area contributed by atoms with Crippen molar-refractivity contribution in [1.82, 2.24) is 0 Å². The van der Waals surface area contributed by atoms with E-state index in [4.69, 9.17) is 10.4 Å². The third-order valence-electron chi connectivity index (χ3n) is 2.48. The fourth-order valence-electron chi connectivity index (χ4n) is 1.66. The monoisotopic (exact) mass is 236 g/mol. The fourth-order valence-corrected chi connectivity index (χ4v) is 2.54. The molecular weight excluding hydrogens is 228 g/mol. The van der Waals surface area contributed by atoms with Crippen molar-refractivity contribution in [3.63, 3.8) is 0 Å². The number of carboxylic acid groups (broad SMARTS) is 1. The highest BCUT2D eigenvalue weighted by Crippen LogP contribution is 2.32. The van der Waals surface area contributed by atoms with Gasteiger partial charge in [0.15, 0.2) is 0 Å². The second-order valence-corrected chi connectivity index (χ2v) is 4.39. The number of carbonyl (C=O) groups excluding carboxylic acids is 1. The minimum absolute atomic E-state index is 0.0120. The number of aliphatic carboxylic acids is 1. The van der Waals surface area contributed by atoms with E-state index in [1.54, 1.807) is 11.4 Å². The first kappa shape index (κ1) is 10.6. The van der Waals surface area contributed by atoms with Gasteiger partial charge in [-0.25, -0.2) is 0 Å². The lowest BCUT2D eigenvalue weighted by atomic mass is 10.1. The van der Waals surface area contributed by atoms with E-state index < -0.39 is 11.9 Å². The average Bonchev–Trinajstić information content (AvgIpc) is 2.82. The molecule has 0 saturated carbocycles. The zero-order valence-corrected chi connectivity index (χ0v) is 9.03. The van der Waals surface area contributed by atoms with Gasteiger partial charge in [0, 0.05) is 13.0 Å². The molecule has 0 aliphatic carbocycles. The van der Waals surface area contributed by atoms with Crippen LogP contribution in [-0.2, 0) is 9.59 Å². The Bertz CT molecular complexity index is 488. The summed E-state index contributed by atoms with van der Waals surface area (Å²) in [7, 11) is 0. The summed E-state index contributed by atoms with van der Waals surface area (Å²) in [6.07, 6.45) is 0.0120. The third-order valence-corrected chi connectivity index (χ3v) is 3.42. The number of amides is 1. The number of carbonyl (C=O) groups is 2. The number of nitrogens with zero attached hydrogens (tertiary/aromatic N) is 2. The Labute approximate surface area is 95.5 Å². The van der Waals surface area contributed by atoms with Gasteiger partial charge >= 0.3 is 5.97 Å². The largest absolute Gasteiger partial charge is 0.481 e. The van der Waals surface area contributed by atoms with Crippen molar-refractivity contribution < 1.29 is 14.7 Å². The van der Waals surface area contributed by atoms with Crippen LogP contribution < -0.4 is 4.90 Å². The van der Waals surface area contributed by atoms with Crippen LogP contribution in [0.3, 0.4) is 0 Å². The molecule has 1 saturated heterocycles. The predicted molar refractivity (Wildman–Crippen MR) is 57.1 cm³/mol. The molecule has 5 nitrogen and oxygen atoms in total. The molecule has 1 aromatic heterocycles. The molecule has 0 bridgehead atoms. The Morgan fingerprint density at radius 3 is 3.00 bits per heavy atom. The summed E-state index contributed by atoms with van der Waals surface area (Å²) in [5.74, 6) is -1.86. The van der Waals surface area contributed by atoms with Gasteiger partial charge in [0.2, 0.25) is 5.91 Å². The quantitative estimate of drug-likeness (QED) is 0.832. The molecular formula is C10H8N2O3S. The molecule has 16 heavy (non-hydrogen) atoms. The van der Waals surface area contributed by atoms with E-state index in [2.05, 4.69) is 0 Å². The van der Waals surface area contributed by atoms with Crippen LogP contribution >= 0.6 is 11.3 Å². The standard InChI is InChI=1S/C10H8N2O3S/c11-4-6-1-2-16-9(6)12-5-7(10(14)15)3-8(12)13/h1-2,7H,3,5H2,(H,14,15). The summed E-state index contributed by atoms with van der Waals surface area (Å²) >= 11 is 1.28. The van der Waals surface area contributed by atoms with Gasteiger partial charge in [-0.3, -0.25) is 9.59 Å². The lowest BCUT2D eigenvalue weighted by Gasteiger charge is -2.13. The van der Waals surface area contributed by atoms with Gasteiger partial charge in [-0.05, 0) is 11.4 Å². The van der Waals surface area contributed by atoms with Crippen LogP contribution in [0.25, 0.3) is 0 Å². The van der Waals surface area contributed by atoms with Gasteiger partial charge in [-0.1, -0.05) is 0 Å². The third kappa shape index (κ3) is 1.66. The van der Waals surface area contributed by atoms with Crippen LogP contribution in [0, 0.1) is 17.2 Å². The highest BCUT2D eigenvalue weighted by Gasteiger charge is 2.36. The van der Waals surface area contributed by atoms with E-state index in [1.807, 2.05) is 6.07 Å². The maximum atomic E-state index is 11.6. The van der Waals surface area contributed by atoms with Gasteiger partial charge in [0.05, 0.1) is 11.5 Å². The molecule has 1 aliphatic rings. The lowest BCUT2D eigenvalue weighted by molar-refractivity contribution is -0.141. The van der Waals surface area contributed by atoms with Crippen molar-refractivity contribution in [3.05, 3.63) is 17.0 Å². The highest BCUT2D eigenvalue weighted by atomic mass is 32.1. The minimum atomic E-state index is -0.967. The molecule has 2 heterocycles. The van der Waals surface area contributed by atoms with Crippen molar-refractivity contribution in [2.75, 3.05) is 11.4 Å². The summed E-state index contributed by atoms with van der Waals surface area (Å²) in [5.41, 5.74) is 0.421. The Hall–Kier alpha value is -1.87. The highest BCUT2D eigenvalue weighted by molar-refractivity contribution is 7.14. The van der Waals surface area contributed by atoms with Crippen molar-refractivity contribution in [3.8, 4) is 6.07 Å². The van der Waals surface area contributed by atoms with Crippen LogP contribution in [0.15, 0.2) is 11.4 Å². The first-order chi connectivity index (χ1) is 7.63. The fraction of sp³-hybridized carbons (Fsp3) is 0.300. The smallest absolute Gasteiger partial charge is 0.308 e. The molecule has 1 N–H and O–H groups in total. The molecule has 1 fully saturated rings. The van der Waals surface area contributed by atoms with E-state index in [1.165, 1.54) is 16.2 Å². The maximum Gasteiger partial charge on any atom is 0.308 e. The first-order valence-electron chi connectivity index (χ1n) is 4.64. The lowest BCUT2D eigenvalue weighted by Crippen LogP contribution is -2.25. The number of rotatable bonds is 2. The van der Waals surface area contributed by atoms with E-state index in [0.717, 1.165) is 0 Å². The topological polar surface area (TPSA) is 81.4 Å². The zero-order chi connectivity index (χ0) is 11.7. The minimum Gasteiger partial charge on any atom is -0.481 e. The summed E-state index contributed by atoms with van der Waals surface area (Å²) in [6, 6.07) is 3.61. The SMILES string of the molecule is N#Cc1ccsc1N1CC(C(=O)O)CC1=O. The molecule has 0 aromatic carbocycles. The summed E-state index contributed by atoms with van der Waals surface area (Å²) in [4.78, 5) is 23.8. The Kier molecular flexibility index (Phi) is 2.62.